The van der Waals surface area contributed by atoms with Crippen LogP contribution in [0.15, 0.2) is 48.5 Å². The molecule has 0 aliphatic carbocycles. The molecule has 1 heterocycles. The zero-order chi connectivity index (χ0) is 17.2. The van der Waals surface area contributed by atoms with E-state index in [0.717, 1.165) is 12.1 Å². The van der Waals surface area contributed by atoms with Gasteiger partial charge in [-0.15, -0.1) is 10.2 Å². The maximum Gasteiger partial charge on any atom is 0.416 e. The number of rotatable bonds is 4. The van der Waals surface area contributed by atoms with Gasteiger partial charge in [0, 0.05) is 5.56 Å². The topological polar surface area (TPSA) is 52.8 Å². The van der Waals surface area contributed by atoms with E-state index in [0.29, 0.717) is 22.7 Å². The van der Waals surface area contributed by atoms with Crippen LogP contribution in [0.3, 0.4) is 0 Å². The summed E-state index contributed by atoms with van der Waals surface area (Å²) in [5, 5.41) is 12.0. The molecule has 0 saturated heterocycles. The summed E-state index contributed by atoms with van der Waals surface area (Å²) in [5.41, 5.74) is 0.456. The third kappa shape index (κ3) is 3.53. The highest BCUT2D eigenvalue weighted by Crippen LogP contribution is 2.29. The predicted molar refractivity (Wildman–Crippen MR) is 80.4 cm³/mol. The molecule has 5 nitrogen and oxygen atoms in total. The average molecular weight is 334 g/mol. The number of aromatic nitrogens is 4. The lowest BCUT2D eigenvalue weighted by atomic mass is 10.1. The van der Waals surface area contributed by atoms with Crippen molar-refractivity contribution in [3.8, 4) is 17.1 Å². The summed E-state index contributed by atoms with van der Waals surface area (Å²) in [6, 6.07) is 12.2. The monoisotopic (exact) mass is 334 g/mol. The molecular formula is C16H13F3N4O. The van der Waals surface area contributed by atoms with Gasteiger partial charge in [0.1, 0.15) is 5.75 Å². The Bertz CT molecular complexity index is 845. The van der Waals surface area contributed by atoms with Crippen molar-refractivity contribution >= 4 is 0 Å². The number of alkyl halides is 3. The lowest BCUT2D eigenvalue weighted by molar-refractivity contribution is -0.137. The lowest BCUT2D eigenvalue weighted by Crippen LogP contribution is -2.08. The van der Waals surface area contributed by atoms with Crippen LogP contribution in [0.5, 0.6) is 5.75 Å². The van der Waals surface area contributed by atoms with Crippen molar-refractivity contribution in [1.82, 2.24) is 20.2 Å². The van der Waals surface area contributed by atoms with E-state index in [4.69, 9.17) is 4.74 Å². The second-order valence-electron chi connectivity index (χ2n) is 5.07. The van der Waals surface area contributed by atoms with Crippen LogP contribution in [0.25, 0.3) is 11.4 Å². The van der Waals surface area contributed by atoms with Gasteiger partial charge in [0.25, 0.3) is 0 Å². The Labute approximate surface area is 135 Å². The Kier molecular flexibility index (Phi) is 4.20. The van der Waals surface area contributed by atoms with E-state index in [9.17, 15) is 13.2 Å². The molecule has 0 bridgehead atoms. The van der Waals surface area contributed by atoms with Gasteiger partial charge < -0.3 is 4.74 Å². The van der Waals surface area contributed by atoms with E-state index >= 15 is 0 Å². The van der Waals surface area contributed by atoms with Crippen molar-refractivity contribution in [1.29, 1.82) is 0 Å². The van der Waals surface area contributed by atoms with Gasteiger partial charge in [0.05, 0.1) is 19.2 Å². The zero-order valence-electron chi connectivity index (χ0n) is 12.7. The minimum Gasteiger partial charge on any atom is -0.497 e. The number of tetrazole rings is 1. The standard InChI is InChI=1S/C16H13F3N4O/c1-24-14-7-3-5-12(9-14)15-20-22-23(21-15)10-11-4-2-6-13(8-11)16(17,18)19/h2-9H,10H2,1H3. The summed E-state index contributed by atoms with van der Waals surface area (Å²) in [4.78, 5) is 1.25. The number of halogens is 3. The first kappa shape index (κ1) is 16.0. The van der Waals surface area contributed by atoms with Crippen molar-refractivity contribution in [3.63, 3.8) is 0 Å². The highest BCUT2D eigenvalue weighted by molar-refractivity contribution is 5.56. The van der Waals surface area contributed by atoms with Gasteiger partial charge in [-0.2, -0.15) is 18.0 Å². The Balaban J connectivity index is 1.81. The van der Waals surface area contributed by atoms with E-state index in [1.165, 1.54) is 10.9 Å². The van der Waals surface area contributed by atoms with Gasteiger partial charge in [0.2, 0.25) is 5.82 Å². The largest absolute Gasteiger partial charge is 0.497 e. The number of ether oxygens (including phenoxy) is 1. The van der Waals surface area contributed by atoms with Crippen molar-refractivity contribution in [3.05, 3.63) is 59.7 Å². The Morgan fingerprint density at radius 3 is 2.62 bits per heavy atom. The fraction of sp³-hybridized carbons (Fsp3) is 0.188. The normalized spacial score (nSPS) is 11.5. The second kappa shape index (κ2) is 6.31. The molecule has 0 aliphatic rings. The molecule has 0 N–H and O–H groups in total. The maximum atomic E-state index is 12.7. The van der Waals surface area contributed by atoms with Crippen LogP contribution in [0, 0.1) is 0 Å². The summed E-state index contributed by atoms with van der Waals surface area (Å²) in [7, 11) is 1.55. The number of hydrogen-bond acceptors (Lipinski definition) is 4. The molecule has 0 amide bonds. The van der Waals surface area contributed by atoms with Gasteiger partial charge in [-0.05, 0) is 35.0 Å². The summed E-state index contributed by atoms with van der Waals surface area (Å²) in [6.45, 7) is 0.0981. The lowest BCUT2D eigenvalue weighted by Gasteiger charge is -2.08. The number of hydrogen-bond donors (Lipinski definition) is 0. The highest BCUT2D eigenvalue weighted by Gasteiger charge is 2.30. The molecule has 0 fully saturated rings. The van der Waals surface area contributed by atoms with Crippen LogP contribution in [0.4, 0.5) is 13.2 Å². The molecule has 124 valence electrons. The van der Waals surface area contributed by atoms with Crippen molar-refractivity contribution in [2.24, 2.45) is 0 Å². The van der Waals surface area contributed by atoms with Crippen LogP contribution < -0.4 is 4.74 Å². The number of benzene rings is 2. The van der Waals surface area contributed by atoms with E-state index in [1.54, 1.807) is 37.4 Å². The van der Waals surface area contributed by atoms with Crippen LogP contribution >= 0.6 is 0 Å². The van der Waals surface area contributed by atoms with E-state index in [-0.39, 0.29) is 6.54 Å². The van der Waals surface area contributed by atoms with Gasteiger partial charge in [-0.25, -0.2) is 0 Å². The molecule has 0 saturated carbocycles. The van der Waals surface area contributed by atoms with Crippen molar-refractivity contribution < 1.29 is 17.9 Å². The molecule has 2 aromatic carbocycles. The SMILES string of the molecule is COc1cccc(-c2nnn(Cc3cccc(C(F)(F)F)c3)n2)c1. The molecule has 0 aliphatic heterocycles. The van der Waals surface area contributed by atoms with Crippen LogP contribution in [-0.2, 0) is 12.7 Å². The molecule has 3 rings (SSSR count). The highest BCUT2D eigenvalue weighted by atomic mass is 19.4. The number of nitrogens with zero attached hydrogens (tertiary/aromatic N) is 4. The first-order chi connectivity index (χ1) is 11.5. The predicted octanol–water partition coefficient (Wildman–Crippen LogP) is 3.42. The third-order valence-electron chi connectivity index (χ3n) is 3.36. The summed E-state index contributed by atoms with van der Waals surface area (Å²) in [5.74, 6) is 1.03. The summed E-state index contributed by atoms with van der Waals surface area (Å²) < 4.78 is 43.4. The summed E-state index contributed by atoms with van der Waals surface area (Å²) >= 11 is 0. The molecule has 8 heteroatoms. The van der Waals surface area contributed by atoms with Crippen LogP contribution in [0.1, 0.15) is 11.1 Å². The first-order valence-corrected chi connectivity index (χ1v) is 7.04. The van der Waals surface area contributed by atoms with Crippen molar-refractivity contribution in [2.75, 3.05) is 7.11 Å². The number of methoxy groups -OCH3 is 1. The Morgan fingerprint density at radius 1 is 1.08 bits per heavy atom. The molecule has 24 heavy (non-hydrogen) atoms. The zero-order valence-corrected chi connectivity index (χ0v) is 12.7. The molecule has 3 aromatic rings. The maximum absolute atomic E-state index is 12.7. The second-order valence-corrected chi connectivity index (χ2v) is 5.07. The van der Waals surface area contributed by atoms with Gasteiger partial charge >= 0.3 is 6.18 Å². The van der Waals surface area contributed by atoms with Crippen molar-refractivity contribution in [2.45, 2.75) is 12.7 Å². The van der Waals surface area contributed by atoms with E-state index in [1.807, 2.05) is 0 Å². The fourth-order valence-corrected chi connectivity index (χ4v) is 2.20. The van der Waals surface area contributed by atoms with Gasteiger partial charge in [0.15, 0.2) is 0 Å². The van der Waals surface area contributed by atoms with Crippen LogP contribution in [0.2, 0.25) is 0 Å². The quantitative estimate of drug-likeness (QED) is 0.734. The van der Waals surface area contributed by atoms with Gasteiger partial charge in [-0.3, -0.25) is 0 Å². The molecule has 0 spiro atoms. The van der Waals surface area contributed by atoms with E-state index < -0.39 is 11.7 Å². The Morgan fingerprint density at radius 2 is 1.88 bits per heavy atom. The minimum absolute atomic E-state index is 0.0981. The molecular weight excluding hydrogens is 321 g/mol. The average Bonchev–Trinajstić information content (AvgIpc) is 3.03. The smallest absolute Gasteiger partial charge is 0.416 e. The molecule has 0 atom stereocenters. The Hall–Kier alpha value is -2.90. The minimum atomic E-state index is -4.38. The van der Waals surface area contributed by atoms with Gasteiger partial charge in [-0.1, -0.05) is 24.3 Å². The summed E-state index contributed by atoms with van der Waals surface area (Å²) in [6.07, 6.45) is -4.38. The fourth-order valence-electron chi connectivity index (χ4n) is 2.20. The molecule has 0 radical (unpaired) electrons. The first-order valence-electron chi connectivity index (χ1n) is 7.04. The van der Waals surface area contributed by atoms with Crippen LogP contribution in [-0.4, -0.2) is 27.3 Å². The third-order valence-corrected chi connectivity index (χ3v) is 3.36. The molecule has 1 aromatic heterocycles. The molecule has 0 unspecified atom stereocenters. The van der Waals surface area contributed by atoms with E-state index in [2.05, 4.69) is 15.4 Å².